The summed E-state index contributed by atoms with van der Waals surface area (Å²) in [5, 5.41) is 10.2. The molecule has 3 amide bonds. The second-order valence-corrected chi connectivity index (χ2v) is 5.87. The van der Waals surface area contributed by atoms with Crippen molar-refractivity contribution in [3.05, 3.63) is 35.8 Å². The number of amides is 3. The average molecular weight is 342 g/mol. The monoisotopic (exact) mass is 342 g/mol. The molecule has 1 unspecified atom stereocenters. The van der Waals surface area contributed by atoms with E-state index >= 15 is 0 Å². The van der Waals surface area contributed by atoms with Crippen molar-refractivity contribution in [1.82, 2.24) is 14.8 Å². The van der Waals surface area contributed by atoms with Gasteiger partial charge in [0.15, 0.2) is 0 Å². The summed E-state index contributed by atoms with van der Waals surface area (Å²) in [6, 6.07) is 5.98. The van der Waals surface area contributed by atoms with Crippen LogP contribution in [0.4, 0.5) is 9.18 Å². The molecule has 128 valence electrons. The van der Waals surface area contributed by atoms with Crippen LogP contribution in [0.5, 0.6) is 0 Å². The number of benzene rings is 1. The Morgan fingerprint density at radius 3 is 2.80 bits per heavy atom. The maximum Gasteiger partial charge on any atom is 0.417 e. The average Bonchev–Trinajstić information content (AvgIpc) is 2.99. The Hall–Kier alpha value is -3.21. The number of aromatic nitrogens is 1. The largest absolute Gasteiger partial charge is 0.417 e. The topological polar surface area (TPSA) is 94.2 Å². The zero-order chi connectivity index (χ0) is 18.1. The van der Waals surface area contributed by atoms with Crippen LogP contribution >= 0.6 is 0 Å². The van der Waals surface area contributed by atoms with Crippen molar-refractivity contribution >= 4 is 28.7 Å². The van der Waals surface area contributed by atoms with E-state index in [-0.39, 0.29) is 11.7 Å². The van der Waals surface area contributed by atoms with Crippen molar-refractivity contribution in [1.29, 1.82) is 5.26 Å². The molecular weight excluding hydrogens is 325 g/mol. The summed E-state index contributed by atoms with van der Waals surface area (Å²) >= 11 is 0. The van der Waals surface area contributed by atoms with Gasteiger partial charge in [-0.2, -0.15) is 10.2 Å². The molecule has 8 heteroatoms. The van der Waals surface area contributed by atoms with E-state index in [4.69, 9.17) is 0 Å². The normalized spacial score (nSPS) is 19.8. The highest BCUT2D eigenvalue weighted by Crippen LogP contribution is 2.19. The number of hydrogen-bond donors (Lipinski definition) is 2. The number of fused-ring (bicyclic) bond motifs is 1. The van der Waals surface area contributed by atoms with E-state index in [2.05, 4.69) is 9.98 Å². The Labute approximate surface area is 143 Å². The van der Waals surface area contributed by atoms with E-state index in [0.29, 0.717) is 18.5 Å². The predicted molar refractivity (Wildman–Crippen MR) is 87.8 cm³/mol. The third-order valence-electron chi connectivity index (χ3n) is 4.35. The standard InChI is InChI=1S/C17H16FN5O2/c1-22-15(13(8-19)16(24)23(2)17(22)25)20-6-5-10-9-21-14-7-11(18)3-4-12(10)14/h3-4,7,9,13,21H,5-6H2,1-2H3/p+1. The van der Waals surface area contributed by atoms with Gasteiger partial charge in [0.25, 0.3) is 11.7 Å². The quantitative estimate of drug-likeness (QED) is 0.822. The fourth-order valence-corrected chi connectivity index (χ4v) is 2.95. The van der Waals surface area contributed by atoms with Gasteiger partial charge in [0.2, 0.25) is 5.92 Å². The summed E-state index contributed by atoms with van der Waals surface area (Å²) in [6.45, 7) is 0.423. The maximum atomic E-state index is 13.2. The molecular formula is C17H17FN5O2+. The number of hydrogen-bond acceptors (Lipinski definition) is 3. The Morgan fingerprint density at radius 1 is 1.32 bits per heavy atom. The zero-order valence-corrected chi connectivity index (χ0v) is 13.8. The number of rotatable bonds is 3. The second-order valence-electron chi connectivity index (χ2n) is 5.87. The highest BCUT2D eigenvalue weighted by Gasteiger charge is 2.46. The van der Waals surface area contributed by atoms with Crippen LogP contribution in [0.1, 0.15) is 5.56 Å². The minimum absolute atomic E-state index is 0.279. The van der Waals surface area contributed by atoms with Gasteiger partial charge in [0.1, 0.15) is 5.82 Å². The third kappa shape index (κ3) is 2.85. The molecule has 2 N–H and O–H groups in total. The molecule has 1 aromatic carbocycles. The van der Waals surface area contributed by atoms with Crippen molar-refractivity contribution in [3.63, 3.8) is 0 Å². The Kier molecular flexibility index (Phi) is 4.23. The fourth-order valence-electron chi connectivity index (χ4n) is 2.95. The van der Waals surface area contributed by atoms with Crippen LogP contribution in [0.3, 0.4) is 0 Å². The lowest BCUT2D eigenvalue weighted by molar-refractivity contribution is -0.463. The van der Waals surface area contributed by atoms with Gasteiger partial charge in [-0.25, -0.2) is 14.1 Å². The van der Waals surface area contributed by atoms with E-state index in [9.17, 15) is 19.2 Å². The molecule has 7 nitrogen and oxygen atoms in total. The number of amidine groups is 1. The van der Waals surface area contributed by atoms with E-state index in [1.54, 1.807) is 12.3 Å². The Bertz CT molecular complexity index is 927. The number of carbonyl (C=O) groups is 2. The van der Waals surface area contributed by atoms with Crippen molar-refractivity contribution in [2.24, 2.45) is 5.92 Å². The molecule has 0 aliphatic carbocycles. The summed E-state index contributed by atoms with van der Waals surface area (Å²) in [5.74, 6) is -1.61. The van der Waals surface area contributed by atoms with Crippen LogP contribution in [0.2, 0.25) is 0 Å². The minimum atomic E-state index is -1.04. The first-order valence-electron chi connectivity index (χ1n) is 7.75. The smallest absolute Gasteiger partial charge is 0.361 e. The van der Waals surface area contributed by atoms with E-state index in [0.717, 1.165) is 15.8 Å². The van der Waals surface area contributed by atoms with Gasteiger partial charge in [-0.05, 0) is 23.8 Å². The summed E-state index contributed by atoms with van der Waals surface area (Å²) in [4.78, 5) is 32.4. The van der Waals surface area contributed by atoms with Gasteiger partial charge in [0, 0.05) is 30.6 Å². The number of aromatic amines is 1. The summed E-state index contributed by atoms with van der Waals surface area (Å²) in [6.07, 6.45) is 2.38. The van der Waals surface area contributed by atoms with Crippen LogP contribution in [0, 0.1) is 23.1 Å². The lowest BCUT2D eigenvalue weighted by Gasteiger charge is -2.26. The number of carbonyl (C=O) groups excluding carboxylic acids is 2. The van der Waals surface area contributed by atoms with Crippen LogP contribution in [0.15, 0.2) is 24.4 Å². The third-order valence-corrected chi connectivity index (χ3v) is 4.35. The van der Waals surface area contributed by atoms with Crippen LogP contribution in [-0.4, -0.2) is 53.2 Å². The number of nitrogens with zero attached hydrogens (tertiary/aromatic N) is 3. The summed E-state index contributed by atoms with van der Waals surface area (Å²) < 4.78 is 13.2. The van der Waals surface area contributed by atoms with Gasteiger partial charge in [0.05, 0.1) is 19.7 Å². The van der Waals surface area contributed by atoms with Gasteiger partial charge in [-0.1, -0.05) is 0 Å². The Morgan fingerprint density at radius 2 is 2.08 bits per heavy atom. The summed E-state index contributed by atoms with van der Waals surface area (Å²) in [7, 11) is 2.87. The first kappa shape index (κ1) is 16.6. The molecule has 1 aromatic heterocycles. The first-order chi connectivity index (χ1) is 11.9. The molecule has 0 bridgehead atoms. The number of nitrogens with one attached hydrogen (secondary N) is 2. The van der Waals surface area contributed by atoms with E-state index in [1.807, 2.05) is 6.07 Å². The Balaban J connectivity index is 1.81. The lowest BCUT2D eigenvalue weighted by Crippen LogP contribution is -2.81. The number of imide groups is 1. The molecule has 0 saturated carbocycles. The van der Waals surface area contributed by atoms with Crippen molar-refractivity contribution in [2.75, 3.05) is 20.6 Å². The van der Waals surface area contributed by atoms with Crippen molar-refractivity contribution < 1.29 is 19.0 Å². The number of halogens is 1. The molecule has 1 saturated heterocycles. The number of nitriles is 1. The van der Waals surface area contributed by atoms with Crippen LogP contribution in [0.25, 0.3) is 10.9 Å². The second kappa shape index (κ2) is 6.36. The molecule has 1 atom stereocenters. The predicted octanol–water partition coefficient (Wildman–Crippen LogP) is -0.00782. The fraction of sp³-hybridized carbons (Fsp3) is 0.294. The molecule has 1 fully saturated rings. The van der Waals surface area contributed by atoms with Gasteiger partial charge < -0.3 is 4.98 Å². The lowest BCUT2D eigenvalue weighted by atomic mass is 10.1. The number of urea groups is 1. The van der Waals surface area contributed by atoms with Crippen molar-refractivity contribution in [3.8, 4) is 6.07 Å². The zero-order valence-electron chi connectivity index (χ0n) is 13.8. The molecule has 2 aromatic rings. The highest BCUT2D eigenvalue weighted by atomic mass is 19.1. The number of H-pyrrole nitrogens is 1. The van der Waals surface area contributed by atoms with E-state index < -0.39 is 17.9 Å². The van der Waals surface area contributed by atoms with Gasteiger partial charge in [-0.3, -0.25) is 9.79 Å². The van der Waals surface area contributed by atoms with Gasteiger partial charge in [-0.15, -0.1) is 0 Å². The molecule has 1 aliphatic heterocycles. The molecule has 3 rings (SSSR count). The molecule has 2 heterocycles. The van der Waals surface area contributed by atoms with E-state index in [1.165, 1.54) is 31.1 Å². The minimum Gasteiger partial charge on any atom is -0.361 e. The molecule has 0 spiro atoms. The maximum absolute atomic E-state index is 13.2. The first-order valence-corrected chi connectivity index (χ1v) is 7.75. The van der Waals surface area contributed by atoms with Crippen molar-refractivity contribution in [2.45, 2.75) is 6.42 Å². The molecule has 0 radical (unpaired) electrons. The summed E-state index contributed by atoms with van der Waals surface area (Å²) in [5.41, 5.74) is 1.68. The molecule has 1 aliphatic rings. The van der Waals surface area contributed by atoms with Gasteiger partial charge >= 0.3 is 6.03 Å². The highest BCUT2D eigenvalue weighted by molar-refractivity contribution is 6.17. The van der Waals surface area contributed by atoms with Crippen LogP contribution < -0.4 is 4.99 Å². The molecule has 25 heavy (non-hydrogen) atoms. The SMILES string of the molecule is CN1C(=O)C(C#N)C(=[NH+]CCc2c[nH]c3cc(F)ccc23)N(C)C1=O. The van der Waals surface area contributed by atoms with Crippen LogP contribution in [-0.2, 0) is 11.2 Å².